The Morgan fingerprint density at radius 1 is 1.39 bits per heavy atom. The smallest absolute Gasteiger partial charge is 0.221 e. The number of rotatable bonds is 2. The zero-order valence-corrected chi connectivity index (χ0v) is 10.9. The SMILES string of the molecule is CCn1c2c(c3cc(NC(C)=O)ccc31)CCC2. The third-order valence-electron chi connectivity index (χ3n) is 3.76. The van der Waals surface area contributed by atoms with Gasteiger partial charge in [0.15, 0.2) is 0 Å². The summed E-state index contributed by atoms with van der Waals surface area (Å²) in [5.41, 5.74) is 5.18. The lowest BCUT2D eigenvalue weighted by Gasteiger charge is -2.06. The van der Waals surface area contributed by atoms with E-state index in [1.807, 2.05) is 6.07 Å². The number of anilines is 1. The standard InChI is InChI=1S/C15H18N2O/c1-3-17-14-6-4-5-12(14)13-9-11(16-10(2)18)7-8-15(13)17/h7-9H,3-6H2,1-2H3,(H,16,18). The van der Waals surface area contributed by atoms with Crippen molar-refractivity contribution in [3.63, 3.8) is 0 Å². The second-order valence-electron chi connectivity index (χ2n) is 4.94. The van der Waals surface area contributed by atoms with Gasteiger partial charge in [-0.3, -0.25) is 4.79 Å². The molecule has 0 saturated carbocycles. The highest BCUT2D eigenvalue weighted by Gasteiger charge is 2.20. The third-order valence-corrected chi connectivity index (χ3v) is 3.76. The summed E-state index contributed by atoms with van der Waals surface area (Å²) in [6.45, 7) is 4.76. The molecule has 3 nitrogen and oxygen atoms in total. The molecular formula is C15H18N2O. The number of hydrogen-bond donors (Lipinski definition) is 1. The van der Waals surface area contributed by atoms with Crippen LogP contribution in [0.1, 0.15) is 31.5 Å². The molecule has 1 aromatic carbocycles. The summed E-state index contributed by atoms with van der Waals surface area (Å²) in [6, 6.07) is 6.24. The number of amides is 1. The molecule has 1 aliphatic carbocycles. The van der Waals surface area contributed by atoms with E-state index in [1.165, 1.54) is 41.4 Å². The van der Waals surface area contributed by atoms with Crippen LogP contribution < -0.4 is 5.32 Å². The van der Waals surface area contributed by atoms with Gasteiger partial charge in [0.25, 0.3) is 0 Å². The van der Waals surface area contributed by atoms with E-state index in [4.69, 9.17) is 0 Å². The Labute approximate surface area is 107 Å². The molecule has 94 valence electrons. The normalized spacial score (nSPS) is 13.9. The van der Waals surface area contributed by atoms with Gasteiger partial charge in [0, 0.05) is 35.8 Å². The maximum absolute atomic E-state index is 11.1. The Kier molecular flexibility index (Phi) is 2.62. The Balaban J connectivity index is 2.19. The van der Waals surface area contributed by atoms with Crippen LogP contribution in [0.5, 0.6) is 0 Å². The summed E-state index contributed by atoms with van der Waals surface area (Å²) >= 11 is 0. The fourth-order valence-electron chi connectivity index (χ4n) is 3.12. The van der Waals surface area contributed by atoms with E-state index < -0.39 is 0 Å². The fourth-order valence-corrected chi connectivity index (χ4v) is 3.12. The van der Waals surface area contributed by atoms with E-state index in [0.717, 1.165) is 12.2 Å². The minimum absolute atomic E-state index is 0.0130. The molecule has 1 heterocycles. The van der Waals surface area contributed by atoms with Crippen molar-refractivity contribution in [2.45, 2.75) is 39.7 Å². The predicted octanol–water partition coefficient (Wildman–Crippen LogP) is 3.11. The van der Waals surface area contributed by atoms with Crippen molar-refractivity contribution in [2.24, 2.45) is 0 Å². The molecule has 0 spiro atoms. The number of nitrogens with zero attached hydrogens (tertiary/aromatic N) is 1. The van der Waals surface area contributed by atoms with Gasteiger partial charge in [-0.2, -0.15) is 0 Å². The highest BCUT2D eigenvalue weighted by molar-refractivity contribution is 5.94. The van der Waals surface area contributed by atoms with Gasteiger partial charge in [-0.25, -0.2) is 0 Å². The Hall–Kier alpha value is -1.77. The molecule has 1 aromatic heterocycles. The second-order valence-corrected chi connectivity index (χ2v) is 4.94. The van der Waals surface area contributed by atoms with Crippen molar-refractivity contribution in [3.8, 4) is 0 Å². The van der Waals surface area contributed by atoms with Crippen LogP contribution in [0.15, 0.2) is 18.2 Å². The number of carbonyl (C=O) groups excluding carboxylic acids is 1. The molecule has 1 N–H and O–H groups in total. The first kappa shape index (κ1) is 11.3. The first-order valence-electron chi connectivity index (χ1n) is 6.62. The molecule has 3 rings (SSSR count). The average molecular weight is 242 g/mol. The van der Waals surface area contributed by atoms with E-state index in [-0.39, 0.29) is 5.91 Å². The Morgan fingerprint density at radius 3 is 2.94 bits per heavy atom. The molecular weight excluding hydrogens is 224 g/mol. The topological polar surface area (TPSA) is 34.0 Å². The van der Waals surface area contributed by atoms with Crippen LogP contribution in [0.3, 0.4) is 0 Å². The van der Waals surface area contributed by atoms with Crippen LogP contribution in [-0.4, -0.2) is 10.5 Å². The van der Waals surface area contributed by atoms with E-state index >= 15 is 0 Å². The van der Waals surface area contributed by atoms with Crippen molar-refractivity contribution in [3.05, 3.63) is 29.5 Å². The van der Waals surface area contributed by atoms with E-state index in [9.17, 15) is 4.79 Å². The second kappa shape index (κ2) is 4.16. The van der Waals surface area contributed by atoms with Gasteiger partial charge >= 0.3 is 0 Å². The van der Waals surface area contributed by atoms with Crippen LogP contribution in [0.4, 0.5) is 5.69 Å². The van der Waals surface area contributed by atoms with Crippen LogP contribution in [-0.2, 0) is 24.2 Å². The average Bonchev–Trinajstić information content (AvgIpc) is 2.88. The molecule has 0 fully saturated rings. The van der Waals surface area contributed by atoms with Gasteiger partial charge in [-0.1, -0.05) is 0 Å². The lowest BCUT2D eigenvalue weighted by molar-refractivity contribution is -0.114. The molecule has 2 aromatic rings. The molecule has 0 unspecified atom stereocenters. The van der Waals surface area contributed by atoms with Gasteiger partial charge in [0.05, 0.1) is 0 Å². The zero-order chi connectivity index (χ0) is 12.7. The lowest BCUT2D eigenvalue weighted by atomic mass is 10.1. The van der Waals surface area contributed by atoms with E-state index in [1.54, 1.807) is 6.92 Å². The number of benzene rings is 1. The highest BCUT2D eigenvalue weighted by atomic mass is 16.1. The van der Waals surface area contributed by atoms with Gasteiger partial charge in [0.2, 0.25) is 5.91 Å². The molecule has 0 saturated heterocycles. The maximum atomic E-state index is 11.1. The molecule has 1 aliphatic rings. The number of aryl methyl sites for hydroxylation is 2. The quantitative estimate of drug-likeness (QED) is 0.862. The summed E-state index contributed by atoms with van der Waals surface area (Å²) in [6.07, 6.45) is 3.61. The predicted molar refractivity (Wildman–Crippen MR) is 73.9 cm³/mol. The number of carbonyl (C=O) groups is 1. The third kappa shape index (κ3) is 1.62. The molecule has 3 heteroatoms. The van der Waals surface area contributed by atoms with Gasteiger partial charge in [0.1, 0.15) is 0 Å². The largest absolute Gasteiger partial charge is 0.345 e. The van der Waals surface area contributed by atoms with Gasteiger partial charge < -0.3 is 9.88 Å². The lowest BCUT2D eigenvalue weighted by Crippen LogP contribution is -2.05. The van der Waals surface area contributed by atoms with E-state index in [2.05, 4.69) is 28.9 Å². The molecule has 0 radical (unpaired) electrons. The Morgan fingerprint density at radius 2 is 2.22 bits per heavy atom. The summed E-state index contributed by atoms with van der Waals surface area (Å²) in [5.74, 6) is -0.0130. The Bertz CT molecular complexity index is 625. The van der Waals surface area contributed by atoms with Crippen molar-refractivity contribution in [1.29, 1.82) is 0 Å². The van der Waals surface area contributed by atoms with Crippen molar-refractivity contribution >= 4 is 22.5 Å². The number of fused-ring (bicyclic) bond motifs is 3. The molecule has 1 amide bonds. The van der Waals surface area contributed by atoms with Crippen LogP contribution >= 0.6 is 0 Å². The first-order chi connectivity index (χ1) is 8.70. The molecule has 0 aliphatic heterocycles. The van der Waals surface area contributed by atoms with Crippen molar-refractivity contribution in [1.82, 2.24) is 4.57 Å². The monoisotopic (exact) mass is 242 g/mol. The highest BCUT2D eigenvalue weighted by Crippen LogP contribution is 2.34. The minimum Gasteiger partial charge on any atom is -0.345 e. The molecule has 0 atom stereocenters. The van der Waals surface area contributed by atoms with E-state index in [0.29, 0.717) is 0 Å². The molecule has 18 heavy (non-hydrogen) atoms. The van der Waals surface area contributed by atoms with Crippen molar-refractivity contribution in [2.75, 3.05) is 5.32 Å². The zero-order valence-electron chi connectivity index (χ0n) is 10.9. The van der Waals surface area contributed by atoms with Crippen LogP contribution in [0.2, 0.25) is 0 Å². The van der Waals surface area contributed by atoms with Gasteiger partial charge in [-0.15, -0.1) is 0 Å². The summed E-state index contributed by atoms with van der Waals surface area (Å²) in [7, 11) is 0. The summed E-state index contributed by atoms with van der Waals surface area (Å²) in [5, 5.41) is 4.18. The molecule has 0 bridgehead atoms. The maximum Gasteiger partial charge on any atom is 0.221 e. The van der Waals surface area contributed by atoms with Crippen LogP contribution in [0, 0.1) is 0 Å². The number of aromatic nitrogens is 1. The van der Waals surface area contributed by atoms with Crippen LogP contribution in [0.25, 0.3) is 10.9 Å². The minimum atomic E-state index is -0.0130. The summed E-state index contributed by atoms with van der Waals surface area (Å²) < 4.78 is 2.41. The number of nitrogens with one attached hydrogen (secondary N) is 1. The first-order valence-corrected chi connectivity index (χ1v) is 6.62. The van der Waals surface area contributed by atoms with Crippen molar-refractivity contribution < 1.29 is 4.79 Å². The fraction of sp³-hybridized carbons (Fsp3) is 0.400. The van der Waals surface area contributed by atoms with Gasteiger partial charge in [-0.05, 0) is 49.9 Å². The number of hydrogen-bond acceptors (Lipinski definition) is 1. The summed E-state index contributed by atoms with van der Waals surface area (Å²) in [4.78, 5) is 11.1.